The summed E-state index contributed by atoms with van der Waals surface area (Å²) in [5.41, 5.74) is 2.21. The maximum Gasteiger partial charge on any atom is 0.136 e. The molecule has 0 amide bonds. The van der Waals surface area contributed by atoms with Gasteiger partial charge in [0, 0.05) is 24.0 Å². The summed E-state index contributed by atoms with van der Waals surface area (Å²) in [5.74, 6) is 2.49. The molecule has 20 heavy (non-hydrogen) atoms. The minimum absolute atomic E-state index is 0.805. The van der Waals surface area contributed by atoms with Crippen LogP contribution >= 0.6 is 15.9 Å². The van der Waals surface area contributed by atoms with Crippen molar-refractivity contribution >= 4 is 33.3 Å². The summed E-state index contributed by atoms with van der Waals surface area (Å²) in [6.07, 6.45) is 1.90. The van der Waals surface area contributed by atoms with Crippen LogP contribution in [-0.4, -0.2) is 17.0 Å². The number of nitrogens with one attached hydrogen (secondary N) is 2. The Bertz CT molecular complexity index is 598. The Balaban J connectivity index is 2.32. The highest BCUT2D eigenvalue weighted by Gasteiger charge is 2.06. The number of aromatic nitrogens is 2. The van der Waals surface area contributed by atoms with Gasteiger partial charge in [-0.15, -0.1) is 0 Å². The second-order valence-corrected chi connectivity index (χ2v) is 5.52. The van der Waals surface area contributed by atoms with Crippen LogP contribution in [0.5, 0.6) is 0 Å². The summed E-state index contributed by atoms with van der Waals surface area (Å²) in [7, 11) is 1.87. The van der Waals surface area contributed by atoms with Gasteiger partial charge in [0.2, 0.25) is 0 Å². The van der Waals surface area contributed by atoms with E-state index in [9.17, 15) is 0 Å². The van der Waals surface area contributed by atoms with E-state index < -0.39 is 0 Å². The molecule has 106 valence electrons. The number of hydrogen-bond donors (Lipinski definition) is 2. The molecule has 0 radical (unpaired) electrons. The third-order valence-electron chi connectivity index (χ3n) is 2.89. The molecule has 2 rings (SSSR count). The number of halogens is 1. The van der Waals surface area contributed by atoms with Crippen LogP contribution in [0.2, 0.25) is 0 Å². The summed E-state index contributed by atoms with van der Waals surface area (Å²) < 4.78 is 1.02. The molecule has 2 aromatic rings. The van der Waals surface area contributed by atoms with Crippen molar-refractivity contribution in [3.05, 3.63) is 40.1 Å². The van der Waals surface area contributed by atoms with Crippen molar-refractivity contribution in [3.8, 4) is 0 Å². The third-order valence-corrected chi connectivity index (χ3v) is 3.58. The van der Waals surface area contributed by atoms with Gasteiger partial charge in [-0.05, 0) is 47.0 Å². The fraction of sp³-hybridized carbons (Fsp3) is 0.333. The first kappa shape index (κ1) is 14.8. The van der Waals surface area contributed by atoms with E-state index in [1.165, 1.54) is 5.56 Å². The topological polar surface area (TPSA) is 49.8 Å². The van der Waals surface area contributed by atoms with E-state index in [4.69, 9.17) is 0 Å². The molecule has 0 aliphatic rings. The quantitative estimate of drug-likeness (QED) is 0.856. The Hall–Kier alpha value is -1.62. The highest BCUT2D eigenvalue weighted by atomic mass is 79.9. The molecule has 1 aromatic heterocycles. The lowest BCUT2D eigenvalue weighted by atomic mass is 10.2. The van der Waals surface area contributed by atoms with E-state index in [-0.39, 0.29) is 0 Å². The molecule has 0 fully saturated rings. The molecule has 4 nitrogen and oxygen atoms in total. The molecule has 0 spiro atoms. The van der Waals surface area contributed by atoms with Gasteiger partial charge in [0.1, 0.15) is 17.5 Å². The molecule has 1 aromatic carbocycles. The van der Waals surface area contributed by atoms with Gasteiger partial charge < -0.3 is 10.6 Å². The molecule has 0 aliphatic carbocycles. The zero-order valence-electron chi connectivity index (χ0n) is 12.0. The predicted octanol–water partition coefficient (Wildman–Crippen LogP) is 4.29. The maximum absolute atomic E-state index is 4.55. The van der Waals surface area contributed by atoms with E-state index in [1.807, 2.05) is 19.2 Å². The normalized spacial score (nSPS) is 10.4. The van der Waals surface area contributed by atoms with Crippen molar-refractivity contribution in [2.24, 2.45) is 0 Å². The molecule has 0 saturated carbocycles. The number of anilines is 3. The van der Waals surface area contributed by atoms with E-state index in [0.29, 0.717) is 0 Å². The third kappa shape index (κ3) is 3.70. The molecule has 0 unspecified atom stereocenters. The van der Waals surface area contributed by atoms with Crippen molar-refractivity contribution in [1.29, 1.82) is 0 Å². The van der Waals surface area contributed by atoms with Gasteiger partial charge in [0.15, 0.2) is 0 Å². The average molecular weight is 335 g/mol. The van der Waals surface area contributed by atoms with E-state index in [0.717, 1.165) is 40.5 Å². The lowest BCUT2D eigenvalue weighted by Crippen LogP contribution is -2.04. The number of hydrogen-bond acceptors (Lipinski definition) is 4. The molecule has 0 bridgehead atoms. The van der Waals surface area contributed by atoms with Crippen molar-refractivity contribution in [2.45, 2.75) is 26.7 Å². The van der Waals surface area contributed by atoms with Crippen molar-refractivity contribution in [3.63, 3.8) is 0 Å². The monoisotopic (exact) mass is 334 g/mol. The summed E-state index contributed by atoms with van der Waals surface area (Å²) in [5, 5.41) is 6.42. The van der Waals surface area contributed by atoms with Crippen LogP contribution in [0.15, 0.2) is 28.7 Å². The largest absolute Gasteiger partial charge is 0.373 e. The van der Waals surface area contributed by atoms with Crippen LogP contribution in [0.4, 0.5) is 17.3 Å². The lowest BCUT2D eigenvalue weighted by Gasteiger charge is -2.11. The van der Waals surface area contributed by atoms with Crippen molar-refractivity contribution in [2.75, 3.05) is 17.7 Å². The number of aryl methyl sites for hydroxylation is 2. The second kappa shape index (κ2) is 6.70. The van der Waals surface area contributed by atoms with Crippen LogP contribution in [-0.2, 0) is 6.42 Å². The molecule has 0 saturated heterocycles. The van der Waals surface area contributed by atoms with Gasteiger partial charge in [0.05, 0.1) is 5.69 Å². The summed E-state index contributed by atoms with van der Waals surface area (Å²) in [6.45, 7) is 4.19. The number of nitrogens with zero attached hydrogens (tertiary/aromatic N) is 2. The minimum atomic E-state index is 0.805. The van der Waals surface area contributed by atoms with Gasteiger partial charge in [-0.25, -0.2) is 9.97 Å². The van der Waals surface area contributed by atoms with Gasteiger partial charge in [-0.2, -0.15) is 0 Å². The van der Waals surface area contributed by atoms with Gasteiger partial charge in [0.25, 0.3) is 0 Å². The fourth-order valence-electron chi connectivity index (χ4n) is 1.90. The standard InChI is InChI=1S/C15H19BrN4/c1-4-5-13-19-14(17-3)9-15(20-13)18-12-8-10(2)6-7-11(12)16/h6-9H,4-5H2,1-3H3,(H2,17,18,19,20). The second-order valence-electron chi connectivity index (χ2n) is 4.66. The van der Waals surface area contributed by atoms with E-state index in [2.05, 4.69) is 62.5 Å². The first-order valence-electron chi connectivity index (χ1n) is 6.71. The predicted molar refractivity (Wildman–Crippen MR) is 87.7 cm³/mol. The SMILES string of the molecule is CCCc1nc(NC)cc(Nc2cc(C)ccc2Br)n1. The van der Waals surface area contributed by atoms with Gasteiger partial charge in [-0.3, -0.25) is 0 Å². The van der Waals surface area contributed by atoms with Gasteiger partial charge >= 0.3 is 0 Å². The first-order chi connectivity index (χ1) is 9.62. The van der Waals surface area contributed by atoms with Crippen molar-refractivity contribution in [1.82, 2.24) is 9.97 Å². The summed E-state index contributed by atoms with van der Waals surface area (Å²) in [6, 6.07) is 8.10. The first-order valence-corrected chi connectivity index (χ1v) is 7.50. The van der Waals surface area contributed by atoms with E-state index in [1.54, 1.807) is 0 Å². The highest BCUT2D eigenvalue weighted by Crippen LogP contribution is 2.26. The van der Waals surface area contributed by atoms with Crippen LogP contribution in [0.25, 0.3) is 0 Å². The molecule has 0 aliphatic heterocycles. The van der Waals surface area contributed by atoms with Crippen LogP contribution in [0, 0.1) is 6.92 Å². The molecule has 1 heterocycles. The zero-order valence-corrected chi connectivity index (χ0v) is 13.6. The number of benzene rings is 1. The Morgan fingerprint density at radius 3 is 2.60 bits per heavy atom. The molecule has 5 heteroatoms. The van der Waals surface area contributed by atoms with Crippen LogP contribution < -0.4 is 10.6 Å². The maximum atomic E-state index is 4.55. The highest BCUT2D eigenvalue weighted by molar-refractivity contribution is 9.10. The summed E-state index contributed by atoms with van der Waals surface area (Å²) >= 11 is 3.55. The van der Waals surface area contributed by atoms with Crippen LogP contribution in [0.1, 0.15) is 24.7 Å². The van der Waals surface area contributed by atoms with Gasteiger partial charge in [-0.1, -0.05) is 13.0 Å². The molecule has 0 atom stereocenters. The van der Waals surface area contributed by atoms with Crippen molar-refractivity contribution < 1.29 is 0 Å². The average Bonchev–Trinajstić information content (AvgIpc) is 2.43. The smallest absolute Gasteiger partial charge is 0.136 e. The molecular weight excluding hydrogens is 316 g/mol. The molecule has 2 N–H and O–H groups in total. The lowest BCUT2D eigenvalue weighted by molar-refractivity contribution is 0.838. The Morgan fingerprint density at radius 1 is 1.15 bits per heavy atom. The van der Waals surface area contributed by atoms with Crippen LogP contribution in [0.3, 0.4) is 0 Å². The Kier molecular flexibility index (Phi) is 4.95. The minimum Gasteiger partial charge on any atom is -0.373 e. The fourth-order valence-corrected chi connectivity index (χ4v) is 2.24. The Morgan fingerprint density at radius 2 is 1.90 bits per heavy atom. The summed E-state index contributed by atoms with van der Waals surface area (Å²) in [4.78, 5) is 9.00. The Labute approximate surface area is 128 Å². The number of rotatable bonds is 5. The molecular formula is C15H19BrN4. The zero-order chi connectivity index (χ0) is 14.5. The van der Waals surface area contributed by atoms with E-state index >= 15 is 0 Å².